The molecule has 1 aliphatic carbocycles. The van der Waals surface area contributed by atoms with Crippen LogP contribution in [0.25, 0.3) is 0 Å². The first-order valence-corrected chi connectivity index (χ1v) is 9.08. The van der Waals surface area contributed by atoms with Gasteiger partial charge >= 0.3 is 0 Å². The maximum atomic E-state index is 12.7. The Hall–Kier alpha value is -1.96. The molecule has 3 N–H and O–H groups in total. The summed E-state index contributed by atoms with van der Waals surface area (Å²) >= 11 is 0. The van der Waals surface area contributed by atoms with E-state index in [1.807, 2.05) is 18.7 Å². The van der Waals surface area contributed by atoms with Gasteiger partial charge in [0.15, 0.2) is 5.82 Å². The van der Waals surface area contributed by atoms with E-state index in [1.54, 1.807) is 0 Å². The molecule has 1 saturated carbocycles. The summed E-state index contributed by atoms with van der Waals surface area (Å²) in [4.78, 5) is 30.1. The van der Waals surface area contributed by atoms with Crippen LogP contribution in [0.4, 0.5) is 0 Å². The van der Waals surface area contributed by atoms with Crippen molar-refractivity contribution in [1.82, 2.24) is 20.4 Å². The third-order valence-electron chi connectivity index (χ3n) is 4.97. The van der Waals surface area contributed by atoms with Crippen LogP contribution in [0.15, 0.2) is 4.52 Å². The van der Waals surface area contributed by atoms with Crippen LogP contribution in [0.1, 0.15) is 63.2 Å². The predicted octanol–water partition coefficient (Wildman–Crippen LogP) is 0.958. The fourth-order valence-electron chi connectivity index (χ4n) is 3.24. The second-order valence-electron chi connectivity index (χ2n) is 7.51. The van der Waals surface area contributed by atoms with Gasteiger partial charge in [-0.1, -0.05) is 19.0 Å². The SMILES string of the molecule is CC(C)[C@@H](NC(=O)C1CCN(CC(N)=O)CC1)c1nc(C2CC2)no1. The lowest BCUT2D eigenvalue weighted by Gasteiger charge is -2.31. The molecule has 2 fully saturated rings. The van der Waals surface area contributed by atoms with Gasteiger partial charge in [-0.2, -0.15) is 4.98 Å². The summed E-state index contributed by atoms with van der Waals surface area (Å²) in [6, 6.07) is -0.267. The molecule has 1 aromatic heterocycles. The maximum absolute atomic E-state index is 12.7. The van der Waals surface area contributed by atoms with E-state index in [0.717, 1.165) is 31.5 Å². The Labute approximate surface area is 147 Å². The summed E-state index contributed by atoms with van der Waals surface area (Å²) in [5, 5.41) is 7.14. The van der Waals surface area contributed by atoms with E-state index in [2.05, 4.69) is 15.5 Å². The topological polar surface area (TPSA) is 114 Å². The molecule has 25 heavy (non-hydrogen) atoms. The molecule has 0 bridgehead atoms. The van der Waals surface area contributed by atoms with Gasteiger partial charge in [0.1, 0.15) is 6.04 Å². The fraction of sp³-hybridized carbons (Fsp3) is 0.765. The first-order valence-electron chi connectivity index (χ1n) is 9.08. The molecule has 0 aromatic carbocycles. The minimum atomic E-state index is -0.328. The number of carbonyl (C=O) groups excluding carboxylic acids is 2. The van der Waals surface area contributed by atoms with Gasteiger partial charge < -0.3 is 15.6 Å². The third kappa shape index (κ3) is 4.56. The van der Waals surface area contributed by atoms with Gasteiger partial charge in [-0.25, -0.2) is 0 Å². The number of aromatic nitrogens is 2. The molecule has 2 heterocycles. The summed E-state index contributed by atoms with van der Waals surface area (Å²) < 4.78 is 5.40. The van der Waals surface area contributed by atoms with Crippen LogP contribution in [0.5, 0.6) is 0 Å². The van der Waals surface area contributed by atoms with Crippen molar-refractivity contribution in [3.05, 3.63) is 11.7 Å². The van der Waals surface area contributed by atoms with E-state index < -0.39 is 0 Å². The number of amides is 2. The van der Waals surface area contributed by atoms with E-state index in [4.69, 9.17) is 10.3 Å². The number of primary amides is 1. The van der Waals surface area contributed by atoms with Crippen molar-refractivity contribution in [2.45, 2.75) is 51.5 Å². The predicted molar refractivity (Wildman–Crippen MR) is 90.4 cm³/mol. The number of rotatable bonds is 7. The Morgan fingerprint density at radius 2 is 1.96 bits per heavy atom. The summed E-state index contributed by atoms with van der Waals surface area (Å²) in [5.74, 6) is 1.47. The lowest BCUT2D eigenvalue weighted by Crippen LogP contribution is -2.44. The van der Waals surface area contributed by atoms with E-state index >= 15 is 0 Å². The average Bonchev–Trinajstić information content (AvgIpc) is 3.30. The van der Waals surface area contributed by atoms with Crippen LogP contribution >= 0.6 is 0 Å². The Morgan fingerprint density at radius 1 is 1.28 bits per heavy atom. The number of nitrogens with zero attached hydrogens (tertiary/aromatic N) is 3. The van der Waals surface area contributed by atoms with Crippen molar-refractivity contribution in [2.24, 2.45) is 17.6 Å². The molecule has 0 spiro atoms. The van der Waals surface area contributed by atoms with Gasteiger partial charge in [-0.3, -0.25) is 14.5 Å². The molecule has 2 aliphatic rings. The zero-order valence-corrected chi connectivity index (χ0v) is 14.9. The molecule has 1 aromatic rings. The normalized spacial score (nSPS) is 20.6. The highest BCUT2D eigenvalue weighted by Gasteiger charge is 2.33. The lowest BCUT2D eigenvalue weighted by atomic mass is 9.94. The second kappa shape index (κ2) is 7.51. The summed E-state index contributed by atoms with van der Waals surface area (Å²) in [6.07, 6.45) is 3.67. The molecule has 1 aliphatic heterocycles. The fourth-order valence-corrected chi connectivity index (χ4v) is 3.24. The van der Waals surface area contributed by atoms with Crippen molar-refractivity contribution in [3.63, 3.8) is 0 Å². The Kier molecular flexibility index (Phi) is 5.36. The number of hydrogen-bond donors (Lipinski definition) is 2. The molecule has 3 rings (SSSR count). The monoisotopic (exact) mass is 349 g/mol. The molecule has 8 nitrogen and oxygen atoms in total. The van der Waals surface area contributed by atoms with Gasteiger partial charge in [0.2, 0.25) is 17.7 Å². The molecule has 138 valence electrons. The molecule has 0 radical (unpaired) electrons. The highest BCUT2D eigenvalue weighted by atomic mass is 16.5. The van der Waals surface area contributed by atoms with E-state index in [1.165, 1.54) is 0 Å². The standard InChI is InChI=1S/C17H27N5O3/c1-10(2)14(17-20-15(21-25-17)11-3-4-11)19-16(24)12-5-7-22(8-6-12)9-13(18)23/h10-12,14H,3-9H2,1-2H3,(H2,18,23)(H,19,24)/t14-/m1/s1. The van der Waals surface area contributed by atoms with Gasteiger partial charge in [-0.15, -0.1) is 0 Å². The minimum Gasteiger partial charge on any atom is -0.369 e. The number of piperidine rings is 1. The molecule has 2 amide bonds. The van der Waals surface area contributed by atoms with Crippen LogP contribution in [-0.4, -0.2) is 46.5 Å². The van der Waals surface area contributed by atoms with E-state index in [0.29, 0.717) is 24.9 Å². The zero-order valence-electron chi connectivity index (χ0n) is 14.9. The minimum absolute atomic E-state index is 0.0172. The Bertz CT molecular complexity index is 618. The quantitative estimate of drug-likeness (QED) is 0.758. The van der Waals surface area contributed by atoms with E-state index in [9.17, 15) is 9.59 Å². The Balaban J connectivity index is 1.56. The number of hydrogen-bond acceptors (Lipinski definition) is 6. The molecule has 1 saturated heterocycles. The Morgan fingerprint density at radius 3 is 2.52 bits per heavy atom. The van der Waals surface area contributed by atoms with Crippen LogP contribution in [0.3, 0.4) is 0 Å². The van der Waals surface area contributed by atoms with Crippen LogP contribution in [0.2, 0.25) is 0 Å². The lowest BCUT2D eigenvalue weighted by molar-refractivity contribution is -0.128. The molecule has 8 heteroatoms. The first-order chi connectivity index (χ1) is 11.9. The van der Waals surface area contributed by atoms with Crippen LogP contribution in [-0.2, 0) is 9.59 Å². The third-order valence-corrected chi connectivity index (χ3v) is 4.97. The summed E-state index contributed by atoms with van der Waals surface area (Å²) in [7, 11) is 0. The summed E-state index contributed by atoms with van der Waals surface area (Å²) in [6.45, 7) is 5.73. The van der Waals surface area contributed by atoms with Crippen molar-refractivity contribution in [1.29, 1.82) is 0 Å². The molecular formula is C17H27N5O3. The van der Waals surface area contributed by atoms with Gasteiger partial charge in [0, 0.05) is 11.8 Å². The van der Waals surface area contributed by atoms with Crippen molar-refractivity contribution in [2.75, 3.05) is 19.6 Å². The van der Waals surface area contributed by atoms with Gasteiger partial charge in [0.05, 0.1) is 6.54 Å². The van der Waals surface area contributed by atoms with Crippen molar-refractivity contribution in [3.8, 4) is 0 Å². The van der Waals surface area contributed by atoms with Gasteiger partial charge in [-0.05, 0) is 44.7 Å². The largest absolute Gasteiger partial charge is 0.369 e. The highest BCUT2D eigenvalue weighted by molar-refractivity contribution is 5.79. The van der Waals surface area contributed by atoms with Gasteiger partial charge in [0.25, 0.3) is 0 Å². The molecular weight excluding hydrogens is 322 g/mol. The van der Waals surface area contributed by atoms with E-state index in [-0.39, 0.29) is 36.2 Å². The number of carbonyl (C=O) groups is 2. The van der Waals surface area contributed by atoms with Crippen LogP contribution in [0, 0.1) is 11.8 Å². The number of nitrogens with one attached hydrogen (secondary N) is 1. The molecule has 1 atom stereocenters. The smallest absolute Gasteiger partial charge is 0.249 e. The highest BCUT2D eigenvalue weighted by Crippen LogP contribution is 2.38. The number of likely N-dealkylation sites (tertiary alicyclic amines) is 1. The first kappa shape index (κ1) is 17.8. The average molecular weight is 349 g/mol. The second-order valence-corrected chi connectivity index (χ2v) is 7.51. The molecule has 0 unspecified atom stereocenters. The van der Waals surface area contributed by atoms with Crippen molar-refractivity contribution < 1.29 is 14.1 Å². The van der Waals surface area contributed by atoms with Crippen LogP contribution < -0.4 is 11.1 Å². The zero-order chi connectivity index (χ0) is 18.0. The number of nitrogens with two attached hydrogens (primary N) is 1. The maximum Gasteiger partial charge on any atom is 0.249 e. The summed E-state index contributed by atoms with van der Waals surface area (Å²) in [5.41, 5.74) is 5.23. The van der Waals surface area contributed by atoms with Crippen molar-refractivity contribution >= 4 is 11.8 Å².